The molecule has 1 saturated heterocycles. The predicted molar refractivity (Wildman–Crippen MR) is 78.3 cm³/mol. The van der Waals surface area contributed by atoms with Crippen molar-refractivity contribution in [1.82, 2.24) is 4.90 Å². The summed E-state index contributed by atoms with van der Waals surface area (Å²) < 4.78 is 1.12. The van der Waals surface area contributed by atoms with Gasteiger partial charge in [-0.25, -0.2) is 4.74 Å². The van der Waals surface area contributed by atoms with Crippen molar-refractivity contribution >= 4 is 12.1 Å². The van der Waals surface area contributed by atoms with Crippen molar-refractivity contribution in [3.63, 3.8) is 0 Å². The van der Waals surface area contributed by atoms with Crippen LogP contribution in [0.25, 0.3) is 0 Å². The maximum atomic E-state index is 12.2. The van der Waals surface area contributed by atoms with Crippen molar-refractivity contribution in [3.8, 4) is 0 Å². The third-order valence-electron chi connectivity index (χ3n) is 3.95. The van der Waals surface area contributed by atoms with Crippen LogP contribution < -0.4 is 0 Å². The molecule has 0 unspecified atom stereocenters. The van der Waals surface area contributed by atoms with E-state index in [0.717, 1.165) is 30.4 Å². The zero-order valence-electron chi connectivity index (χ0n) is 13.2. The molecule has 1 aliphatic rings. The fourth-order valence-corrected chi connectivity index (χ4v) is 3.67. The molecule has 0 aromatic heterocycles. The summed E-state index contributed by atoms with van der Waals surface area (Å²) in [4.78, 5) is 13.8. The lowest BCUT2D eigenvalue weighted by molar-refractivity contribution is -0.509. The van der Waals surface area contributed by atoms with Gasteiger partial charge in [-0.2, -0.15) is 0 Å². The highest BCUT2D eigenvalue weighted by molar-refractivity contribution is 5.75. The average molecular weight is 268 g/mol. The highest BCUT2D eigenvalue weighted by Gasteiger charge is 2.49. The van der Waals surface area contributed by atoms with Gasteiger partial charge in [0.15, 0.2) is 12.3 Å². The van der Waals surface area contributed by atoms with Gasteiger partial charge in [0.1, 0.15) is 0 Å². The fraction of sp³-hybridized carbons (Fsp3) is 0.867. The predicted octanol–water partition coefficient (Wildman–Crippen LogP) is 2.94. The molecule has 4 nitrogen and oxygen atoms in total. The van der Waals surface area contributed by atoms with Crippen LogP contribution in [0.1, 0.15) is 67.2 Å². The second-order valence-corrected chi connectivity index (χ2v) is 6.87. The topological polar surface area (TPSA) is 46.4 Å². The van der Waals surface area contributed by atoms with Crippen LogP contribution in [-0.4, -0.2) is 38.9 Å². The molecule has 0 N–H and O–H groups in total. The minimum atomic E-state index is -0.277. The number of nitrogens with zero attached hydrogens (tertiary/aromatic N) is 2. The first-order chi connectivity index (χ1) is 8.62. The molecule has 0 radical (unpaired) electrons. The van der Waals surface area contributed by atoms with E-state index in [1.54, 1.807) is 13.1 Å². The van der Waals surface area contributed by atoms with E-state index in [9.17, 15) is 10.0 Å². The van der Waals surface area contributed by atoms with Gasteiger partial charge in [0.2, 0.25) is 5.91 Å². The van der Waals surface area contributed by atoms with Crippen molar-refractivity contribution in [2.75, 3.05) is 0 Å². The van der Waals surface area contributed by atoms with Crippen molar-refractivity contribution in [3.05, 3.63) is 5.21 Å². The molecule has 0 bridgehead atoms. The van der Waals surface area contributed by atoms with E-state index in [0.29, 0.717) is 0 Å². The van der Waals surface area contributed by atoms with Gasteiger partial charge in [-0.15, -0.1) is 0 Å². The maximum absolute atomic E-state index is 12.2. The van der Waals surface area contributed by atoms with Gasteiger partial charge in [0.05, 0.1) is 0 Å². The molecule has 0 aliphatic carbocycles. The Morgan fingerprint density at radius 3 is 2.16 bits per heavy atom. The Balaban J connectivity index is 2.99. The number of unbranched alkanes of at least 4 members (excludes halogenated alkanes) is 1. The number of carbonyl (C=O) groups is 1. The Kier molecular flexibility index (Phi) is 4.64. The summed E-state index contributed by atoms with van der Waals surface area (Å²) in [5.74, 6) is 0.0865. The second kappa shape index (κ2) is 5.51. The zero-order valence-corrected chi connectivity index (χ0v) is 13.2. The van der Waals surface area contributed by atoms with Crippen LogP contribution in [0, 0.1) is 5.21 Å². The summed E-state index contributed by atoms with van der Waals surface area (Å²) >= 11 is 0. The van der Waals surface area contributed by atoms with Crippen molar-refractivity contribution in [2.45, 2.75) is 84.3 Å². The molecule has 1 aliphatic heterocycles. The van der Waals surface area contributed by atoms with E-state index in [1.807, 2.05) is 4.90 Å². The molecule has 110 valence electrons. The van der Waals surface area contributed by atoms with E-state index in [1.165, 1.54) is 0 Å². The molecule has 19 heavy (non-hydrogen) atoms. The van der Waals surface area contributed by atoms with E-state index >= 15 is 0 Å². The van der Waals surface area contributed by atoms with Gasteiger partial charge in [0.25, 0.3) is 0 Å². The number of piperidine rings is 1. The molecular formula is C15H28N2O2. The third-order valence-corrected chi connectivity index (χ3v) is 3.95. The minimum Gasteiger partial charge on any atom is -0.624 e. The van der Waals surface area contributed by atoms with E-state index in [4.69, 9.17) is 0 Å². The zero-order chi connectivity index (χ0) is 14.8. The summed E-state index contributed by atoms with van der Waals surface area (Å²) in [5, 5.41) is 12.2. The number of rotatable bonds is 3. The van der Waals surface area contributed by atoms with E-state index in [-0.39, 0.29) is 23.0 Å². The lowest BCUT2D eigenvalue weighted by Crippen LogP contribution is -2.64. The van der Waals surface area contributed by atoms with Gasteiger partial charge >= 0.3 is 0 Å². The largest absolute Gasteiger partial charge is 0.624 e. The number of hydrogen-bond acceptors (Lipinski definition) is 2. The van der Waals surface area contributed by atoms with Crippen LogP contribution in [0.3, 0.4) is 0 Å². The standard InChI is InChI=1S/C15H28N2O2/c1-7-8-9-16(19)13-10-14(3,4)17(12(2)18)15(5,6)11-13/h9,13H,7-8,10-11H2,1-6H3. The summed E-state index contributed by atoms with van der Waals surface area (Å²) in [5.41, 5.74) is -0.554. The van der Waals surface area contributed by atoms with Crippen LogP contribution in [0.2, 0.25) is 0 Å². The normalized spacial score (nSPS) is 23.5. The van der Waals surface area contributed by atoms with Gasteiger partial charge in [-0.1, -0.05) is 6.92 Å². The summed E-state index contributed by atoms with van der Waals surface area (Å²) in [6.45, 7) is 11.9. The lowest BCUT2D eigenvalue weighted by Gasteiger charge is -2.53. The fourth-order valence-electron chi connectivity index (χ4n) is 3.67. The first kappa shape index (κ1) is 16.0. The number of carbonyl (C=O) groups excluding carboxylic acids is 1. The highest BCUT2D eigenvalue weighted by Crippen LogP contribution is 2.39. The number of likely N-dealkylation sites (tertiary alicyclic amines) is 1. The molecule has 0 aromatic carbocycles. The van der Waals surface area contributed by atoms with Crippen molar-refractivity contribution < 1.29 is 9.53 Å². The van der Waals surface area contributed by atoms with Crippen molar-refractivity contribution in [2.24, 2.45) is 0 Å². The molecule has 0 saturated carbocycles. The Hall–Kier alpha value is -1.06. The average Bonchev–Trinajstić information content (AvgIpc) is 2.21. The Morgan fingerprint density at radius 2 is 1.79 bits per heavy atom. The van der Waals surface area contributed by atoms with Gasteiger partial charge in [0, 0.05) is 37.3 Å². The summed E-state index contributed by atoms with van der Waals surface area (Å²) in [7, 11) is 0. The molecule has 0 atom stereocenters. The van der Waals surface area contributed by atoms with Gasteiger partial charge < -0.3 is 10.1 Å². The first-order valence-electron chi connectivity index (χ1n) is 7.21. The molecule has 1 heterocycles. The highest BCUT2D eigenvalue weighted by atomic mass is 16.5. The van der Waals surface area contributed by atoms with Gasteiger partial charge in [-0.05, 0) is 34.1 Å². The number of hydrogen-bond donors (Lipinski definition) is 0. The van der Waals surface area contributed by atoms with Crippen LogP contribution >= 0.6 is 0 Å². The maximum Gasteiger partial charge on any atom is 0.220 e. The Labute approximate surface area is 117 Å². The number of hydroxylamine groups is 1. The molecular weight excluding hydrogens is 240 g/mol. The smallest absolute Gasteiger partial charge is 0.220 e. The van der Waals surface area contributed by atoms with Crippen molar-refractivity contribution in [1.29, 1.82) is 0 Å². The van der Waals surface area contributed by atoms with Crippen LogP contribution in [0.5, 0.6) is 0 Å². The molecule has 1 amide bonds. The molecule has 0 aromatic rings. The third kappa shape index (κ3) is 3.48. The summed E-state index contributed by atoms with van der Waals surface area (Å²) in [6, 6.07) is -0.0350. The Morgan fingerprint density at radius 1 is 1.32 bits per heavy atom. The quantitative estimate of drug-likeness (QED) is 0.342. The SMILES string of the molecule is CCCC=[N+]([O-])C1CC(C)(C)N(C(C)=O)C(C)(C)C1. The lowest BCUT2D eigenvalue weighted by atomic mass is 9.77. The first-order valence-corrected chi connectivity index (χ1v) is 7.21. The molecule has 1 fully saturated rings. The minimum absolute atomic E-state index is 0.0350. The Bertz CT molecular complexity index is 354. The van der Waals surface area contributed by atoms with Gasteiger partial charge in [-0.3, -0.25) is 4.79 Å². The number of amides is 1. The summed E-state index contributed by atoms with van der Waals surface area (Å²) in [6.07, 6.45) is 4.99. The molecule has 4 heteroatoms. The van der Waals surface area contributed by atoms with E-state index in [2.05, 4.69) is 34.6 Å². The molecule has 1 rings (SSSR count). The second-order valence-electron chi connectivity index (χ2n) is 6.87. The monoisotopic (exact) mass is 268 g/mol. The van der Waals surface area contributed by atoms with Crippen LogP contribution in [-0.2, 0) is 4.79 Å². The van der Waals surface area contributed by atoms with Crippen LogP contribution in [0.15, 0.2) is 0 Å². The van der Waals surface area contributed by atoms with E-state index < -0.39 is 0 Å². The van der Waals surface area contributed by atoms with Crippen LogP contribution in [0.4, 0.5) is 0 Å². The molecule has 0 spiro atoms.